The van der Waals surface area contributed by atoms with Crippen LogP contribution >= 0.6 is 0 Å². The Morgan fingerprint density at radius 2 is 1.76 bits per heavy atom. The number of hydrogen-bond donors (Lipinski definition) is 2. The van der Waals surface area contributed by atoms with Gasteiger partial charge in [0.1, 0.15) is 17.5 Å². The lowest BCUT2D eigenvalue weighted by Gasteiger charge is -2.17. The predicted octanol–water partition coefficient (Wildman–Crippen LogP) is 3.33. The molecule has 0 saturated carbocycles. The third-order valence-electron chi connectivity index (χ3n) is 3.16. The average Bonchev–Trinajstić information content (AvgIpc) is 2.40. The Bertz CT molecular complexity index is 622. The molecule has 112 valence electrons. The van der Waals surface area contributed by atoms with Crippen molar-refractivity contribution in [1.82, 2.24) is 9.97 Å². The maximum atomic E-state index is 4.43. The van der Waals surface area contributed by atoms with Crippen molar-refractivity contribution in [3.8, 4) is 0 Å². The zero-order valence-corrected chi connectivity index (χ0v) is 13.4. The maximum Gasteiger partial charge on any atom is 0.136 e. The van der Waals surface area contributed by atoms with Crippen LogP contribution in [0.4, 0.5) is 23.0 Å². The molecule has 2 N–H and O–H groups in total. The smallest absolute Gasteiger partial charge is 0.136 e. The van der Waals surface area contributed by atoms with Crippen molar-refractivity contribution in [1.29, 1.82) is 0 Å². The molecule has 0 atom stereocenters. The second kappa shape index (κ2) is 6.43. The molecule has 0 bridgehead atoms. The second-order valence-corrected chi connectivity index (χ2v) is 5.24. The van der Waals surface area contributed by atoms with E-state index in [9.17, 15) is 0 Å². The van der Waals surface area contributed by atoms with Gasteiger partial charge in [0.15, 0.2) is 0 Å². The molecule has 0 aliphatic carbocycles. The summed E-state index contributed by atoms with van der Waals surface area (Å²) in [4.78, 5) is 10.9. The Morgan fingerprint density at radius 3 is 2.43 bits per heavy atom. The number of benzene rings is 1. The molecule has 0 amide bonds. The summed E-state index contributed by atoms with van der Waals surface area (Å²) in [6.45, 7) is 6.89. The van der Waals surface area contributed by atoms with E-state index in [4.69, 9.17) is 0 Å². The highest BCUT2D eigenvalue weighted by Gasteiger charge is 2.05. The van der Waals surface area contributed by atoms with Gasteiger partial charge in [-0.2, -0.15) is 0 Å². The van der Waals surface area contributed by atoms with Crippen LogP contribution in [0, 0.1) is 13.8 Å². The van der Waals surface area contributed by atoms with Crippen LogP contribution in [0.1, 0.15) is 18.3 Å². The van der Waals surface area contributed by atoms with Crippen LogP contribution in [-0.2, 0) is 0 Å². The zero-order valence-electron chi connectivity index (χ0n) is 13.4. The van der Waals surface area contributed by atoms with Gasteiger partial charge in [-0.25, -0.2) is 9.97 Å². The Morgan fingerprint density at radius 1 is 1.05 bits per heavy atom. The molecule has 5 heteroatoms. The van der Waals surface area contributed by atoms with Gasteiger partial charge >= 0.3 is 0 Å². The van der Waals surface area contributed by atoms with E-state index in [0.29, 0.717) is 0 Å². The van der Waals surface area contributed by atoms with E-state index in [0.717, 1.165) is 29.7 Å². The van der Waals surface area contributed by atoms with Crippen LogP contribution < -0.4 is 15.5 Å². The zero-order chi connectivity index (χ0) is 15.4. The summed E-state index contributed by atoms with van der Waals surface area (Å²) in [5.74, 6) is 2.38. The van der Waals surface area contributed by atoms with E-state index in [1.54, 1.807) is 0 Å². The number of hydrogen-bond acceptors (Lipinski definition) is 5. The molecular weight excluding hydrogens is 262 g/mol. The van der Waals surface area contributed by atoms with Crippen LogP contribution in [-0.4, -0.2) is 30.6 Å². The lowest BCUT2D eigenvalue weighted by Crippen LogP contribution is -2.10. The van der Waals surface area contributed by atoms with Crippen LogP contribution in [0.25, 0.3) is 0 Å². The standard InChI is InChI=1S/C16H23N5/c1-6-17-15-10-16(19-12(3)18-15)20-13-8-7-11(2)14(9-13)21(4)5/h7-10H,6H2,1-5H3,(H2,17,18,19,20). The molecule has 1 aromatic heterocycles. The molecule has 2 rings (SSSR count). The number of nitrogens with zero attached hydrogens (tertiary/aromatic N) is 3. The molecule has 0 aliphatic heterocycles. The first-order valence-electron chi connectivity index (χ1n) is 7.14. The number of anilines is 4. The van der Waals surface area contributed by atoms with Gasteiger partial charge in [-0.1, -0.05) is 6.07 Å². The van der Waals surface area contributed by atoms with Gasteiger partial charge in [-0.05, 0) is 38.5 Å². The molecule has 5 nitrogen and oxygen atoms in total. The third kappa shape index (κ3) is 3.84. The number of aromatic nitrogens is 2. The topological polar surface area (TPSA) is 53.1 Å². The summed E-state index contributed by atoms with van der Waals surface area (Å²) in [7, 11) is 4.09. The van der Waals surface area contributed by atoms with Crippen molar-refractivity contribution in [3.63, 3.8) is 0 Å². The highest BCUT2D eigenvalue weighted by Crippen LogP contribution is 2.25. The van der Waals surface area contributed by atoms with E-state index in [1.807, 2.05) is 34.0 Å². The first kappa shape index (κ1) is 15.1. The molecule has 2 aromatic rings. The molecule has 21 heavy (non-hydrogen) atoms. The van der Waals surface area contributed by atoms with Crippen molar-refractivity contribution in [3.05, 3.63) is 35.7 Å². The summed E-state index contributed by atoms with van der Waals surface area (Å²) in [6.07, 6.45) is 0. The van der Waals surface area contributed by atoms with E-state index in [1.165, 1.54) is 11.3 Å². The maximum absolute atomic E-state index is 4.43. The van der Waals surface area contributed by atoms with Crippen molar-refractivity contribution in [2.45, 2.75) is 20.8 Å². The van der Waals surface area contributed by atoms with Crippen molar-refractivity contribution < 1.29 is 0 Å². The van der Waals surface area contributed by atoms with Gasteiger partial charge in [-0.15, -0.1) is 0 Å². The average molecular weight is 285 g/mol. The van der Waals surface area contributed by atoms with Crippen molar-refractivity contribution in [2.75, 3.05) is 36.2 Å². The quantitative estimate of drug-likeness (QED) is 0.882. The highest BCUT2D eigenvalue weighted by molar-refractivity contribution is 5.66. The molecule has 0 unspecified atom stereocenters. The van der Waals surface area contributed by atoms with Gasteiger partial charge in [0, 0.05) is 38.1 Å². The molecule has 0 saturated heterocycles. The lowest BCUT2D eigenvalue weighted by molar-refractivity contribution is 1.04. The van der Waals surface area contributed by atoms with Gasteiger partial charge in [-0.3, -0.25) is 0 Å². The summed E-state index contributed by atoms with van der Waals surface area (Å²) >= 11 is 0. The Kier molecular flexibility index (Phi) is 4.62. The third-order valence-corrected chi connectivity index (χ3v) is 3.16. The molecule has 1 aromatic carbocycles. The monoisotopic (exact) mass is 285 g/mol. The molecule has 0 fully saturated rings. The summed E-state index contributed by atoms with van der Waals surface area (Å²) in [6, 6.07) is 8.22. The molecule has 0 aliphatic rings. The second-order valence-electron chi connectivity index (χ2n) is 5.24. The molecule has 1 heterocycles. The van der Waals surface area contributed by atoms with Crippen LogP contribution in [0.2, 0.25) is 0 Å². The first-order chi connectivity index (χ1) is 9.99. The number of aryl methyl sites for hydroxylation is 2. The van der Waals surface area contributed by atoms with Crippen molar-refractivity contribution >= 4 is 23.0 Å². The molecule has 0 radical (unpaired) electrons. The number of nitrogens with one attached hydrogen (secondary N) is 2. The first-order valence-corrected chi connectivity index (χ1v) is 7.14. The minimum Gasteiger partial charge on any atom is -0.377 e. The van der Waals surface area contributed by atoms with E-state index in [2.05, 4.69) is 50.6 Å². The van der Waals surface area contributed by atoms with Crippen LogP contribution in [0.5, 0.6) is 0 Å². The Hall–Kier alpha value is -2.30. The predicted molar refractivity (Wildman–Crippen MR) is 89.7 cm³/mol. The van der Waals surface area contributed by atoms with Crippen molar-refractivity contribution in [2.24, 2.45) is 0 Å². The van der Waals surface area contributed by atoms with Crippen LogP contribution in [0.3, 0.4) is 0 Å². The highest BCUT2D eigenvalue weighted by atomic mass is 15.1. The lowest BCUT2D eigenvalue weighted by atomic mass is 10.1. The summed E-state index contributed by atoms with van der Waals surface area (Å²) in [5.41, 5.74) is 3.46. The fraction of sp³-hybridized carbons (Fsp3) is 0.375. The molecule has 0 spiro atoms. The van der Waals surface area contributed by atoms with Gasteiger partial charge in [0.2, 0.25) is 0 Å². The fourth-order valence-corrected chi connectivity index (χ4v) is 2.22. The largest absolute Gasteiger partial charge is 0.377 e. The Labute approximate surface area is 126 Å². The van der Waals surface area contributed by atoms with E-state index in [-0.39, 0.29) is 0 Å². The minimum atomic E-state index is 0.746. The summed E-state index contributed by atoms with van der Waals surface area (Å²) < 4.78 is 0. The molecular formula is C16H23N5. The Balaban J connectivity index is 2.27. The van der Waals surface area contributed by atoms with Gasteiger partial charge in [0.05, 0.1) is 0 Å². The normalized spacial score (nSPS) is 10.3. The van der Waals surface area contributed by atoms with Gasteiger partial charge < -0.3 is 15.5 Å². The van der Waals surface area contributed by atoms with E-state index >= 15 is 0 Å². The minimum absolute atomic E-state index is 0.746. The van der Waals surface area contributed by atoms with Gasteiger partial charge in [0.25, 0.3) is 0 Å². The SMILES string of the molecule is CCNc1cc(Nc2ccc(C)c(N(C)C)c2)nc(C)n1. The van der Waals surface area contributed by atoms with Crippen LogP contribution in [0.15, 0.2) is 24.3 Å². The van der Waals surface area contributed by atoms with E-state index < -0.39 is 0 Å². The number of rotatable bonds is 5. The fourth-order valence-electron chi connectivity index (χ4n) is 2.22. The summed E-state index contributed by atoms with van der Waals surface area (Å²) in [5, 5.41) is 6.56.